The van der Waals surface area contributed by atoms with Gasteiger partial charge in [0.05, 0.1) is 0 Å². The Bertz CT molecular complexity index is 359. The maximum absolute atomic E-state index is 10.9. The fourth-order valence-electron chi connectivity index (χ4n) is 1.34. The van der Waals surface area contributed by atoms with Crippen LogP contribution < -0.4 is 0 Å². The molecule has 0 aromatic heterocycles. The lowest BCUT2D eigenvalue weighted by molar-refractivity contribution is -0.439. The smallest absolute Gasteiger partial charge is 0.300 e. The van der Waals surface area contributed by atoms with Crippen LogP contribution in [0.1, 0.15) is 0 Å². The van der Waals surface area contributed by atoms with Gasteiger partial charge in [-0.2, -0.15) is 0 Å². The van der Waals surface area contributed by atoms with E-state index in [1.165, 1.54) is 0 Å². The number of nitrogens with zero attached hydrogens (tertiary/aromatic N) is 3. The van der Waals surface area contributed by atoms with Gasteiger partial charge in [-0.05, 0) is 13.8 Å². The molecule has 12 nitrogen and oxygen atoms in total. The molecule has 102 valence electrons. The normalized spacial score (nSPS) is 40.2. The van der Waals surface area contributed by atoms with Crippen molar-refractivity contribution in [1.82, 2.24) is 0 Å². The van der Waals surface area contributed by atoms with Crippen LogP contribution in [0, 0.1) is 30.3 Å². The van der Waals surface area contributed by atoms with E-state index in [9.17, 15) is 30.3 Å². The molecule has 0 radical (unpaired) electrons. The van der Waals surface area contributed by atoms with Gasteiger partial charge in [0.25, 0.3) is 0 Å². The van der Waals surface area contributed by atoms with Crippen LogP contribution in [0.4, 0.5) is 0 Å². The molecule has 0 aromatic carbocycles. The van der Waals surface area contributed by atoms with Crippen molar-refractivity contribution < 1.29 is 26.1 Å². The standard InChI is InChI=1S/C3H9N3O9Si3/c1-16(4(7)8)13-17(2,5(9)10)15-18(3,14-16)6(11)12/h1-3H3. The molecule has 1 saturated heterocycles. The second-order valence-electron chi connectivity index (χ2n) is 3.77. The van der Waals surface area contributed by atoms with Crippen LogP contribution in [-0.2, 0) is 12.3 Å². The maximum atomic E-state index is 10.9. The highest BCUT2D eigenvalue weighted by Crippen LogP contribution is 2.31. The van der Waals surface area contributed by atoms with Crippen molar-refractivity contribution in [2.45, 2.75) is 19.6 Å². The molecule has 1 heterocycles. The summed E-state index contributed by atoms with van der Waals surface area (Å²) in [4.78, 5) is 32.6. The number of hydrogen-bond acceptors (Lipinski definition) is 9. The molecular formula is C3H9N3O9Si3. The molecule has 1 rings (SSSR count). The molecule has 1 aliphatic heterocycles. The third-order valence-electron chi connectivity index (χ3n) is 2.13. The zero-order valence-electron chi connectivity index (χ0n) is 9.52. The molecule has 18 heavy (non-hydrogen) atoms. The van der Waals surface area contributed by atoms with Gasteiger partial charge in [0, 0.05) is 19.6 Å². The summed E-state index contributed by atoms with van der Waals surface area (Å²) in [5.74, 6) is 0. The number of nitro groups is 3. The molecule has 0 amide bonds. The molecule has 0 saturated carbocycles. The molecule has 0 N–H and O–H groups in total. The van der Waals surface area contributed by atoms with Gasteiger partial charge in [-0.3, -0.25) is 30.3 Å². The van der Waals surface area contributed by atoms with Crippen molar-refractivity contribution in [2.24, 2.45) is 0 Å². The minimum Gasteiger partial charge on any atom is -0.300 e. The number of rotatable bonds is 3. The van der Waals surface area contributed by atoms with Gasteiger partial charge in [0.15, 0.2) is 0 Å². The fraction of sp³-hybridized carbons (Fsp3) is 1.00. The quantitative estimate of drug-likeness (QED) is 0.383. The van der Waals surface area contributed by atoms with E-state index >= 15 is 0 Å². The highest BCUT2D eigenvalue weighted by Gasteiger charge is 2.82. The van der Waals surface area contributed by atoms with Gasteiger partial charge in [-0.15, -0.1) is 0 Å². The highest BCUT2D eigenvalue weighted by atomic mass is 28.5. The maximum Gasteiger partial charge on any atom is 0.727 e. The first-order chi connectivity index (χ1) is 7.95. The molecule has 0 unspecified atom stereocenters. The predicted octanol–water partition coefficient (Wildman–Crippen LogP) is -0.414. The molecule has 1 aliphatic rings. The first-order valence-electron chi connectivity index (χ1n) is 4.49. The zero-order chi connectivity index (χ0) is 14.4. The van der Waals surface area contributed by atoms with E-state index in [1.54, 1.807) is 0 Å². The van der Waals surface area contributed by atoms with Gasteiger partial charge < -0.3 is 12.3 Å². The van der Waals surface area contributed by atoms with Crippen molar-refractivity contribution >= 4 is 26.2 Å². The topological polar surface area (TPSA) is 157 Å². The summed E-state index contributed by atoms with van der Waals surface area (Å²) in [6.45, 7) is 2.75. The first kappa shape index (κ1) is 14.8. The molecule has 1 fully saturated rings. The van der Waals surface area contributed by atoms with E-state index in [0.717, 1.165) is 19.6 Å². The van der Waals surface area contributed by atoms with Crippen LogP contribution in [0.2, 0.25) is 19.6 Å². The van der Waals surface area contributed by atoms with Crippen LogP contribution in [0.15, 0.2) is 0 Å². The highest BCUT2D eigenvalue weighted by molar-refractivity contribution is 6.86. The Balaban J connectivity index is 3.28. The summed E-state index contributed by atoms with van der Waals surface area (Å²) < 4.78 is 11.5. The summed E-state index contributed by atoms with van der Waals surface area (Å²) in [6, 6.07) is 0. The Morgan fingerprint density at radius 3 is 0.944 bits per heavy atom. The van der Waals surface area contributed by atoms with Crippen molar-refractivity contribution in [3.63, 3.8) is 0 Å². The average molecular weight is 315 g/mol. The molecule has 0 aromatic rings. The zero-order valence-corrected chi connectivity index (χ0v) is 12.5. The third-order valence-corrected chi connectivity index (χ3v) is 13.2. The van der Waals surface area contributed by atoms with Crippen LogP contribution in [-0.4, -0.2) is 39.9 Å². The third kappa shape index (κ3) is 2.30. The Kier molecular flexibility index (Phi) is 3.40. The monoisotopic (exact) mass is 315 g/mol. The van der Waals surface area contributed by atoms with E-state index in [0.29, 0.717) is 0 Å². The SMILES string of the molecule is C[Si]1([N+](=O)[O-])O[Si](C)([N+](=O)[O-])O[Si](C)([N+](=O)[O-])O1. The Hall–Kier alpha value is -1.27. The van der Waals surface area contributed by atoms with Crippen molar-refractivity contribution in [3.05, 3.63) is 30.3 Å². The minimum absolute atomic E-state index is 0.916. The van der Waals surface area contributed by atoms with Gasteiger partial charge in [0.2, 0.25) is 0 Å². The summed E-state index contributed by atoms with van der Waals surface area (Å²) >= 11 is 0. The summed E-state index contributed by atoms with van der Waals surface area (Å²) in [6.07, 6.45) is 0. The van der Waals surface area contributed by atoms with E-state index in [-0.39, 0.29) is 0 Å². The molecule has 15 heteroatoms. The largest absolute Gasteiger partial charge is 0.727 e. The van der Waals surface area contributed by atoms with Crippen LogP contribution in [0.5, 0.6) is 0 Å². The molecular weight excluding hydrogens is 306 g/mol. The lowest BCUT2D eigenvalue weighted by Gasteiger charge is -2.31. The average Bonchev–Trinajstić information content (AvgIpc) is 2.14. The molecule has 0 spiro atoms. The lowest BCUT2D eigenvalue weighted by atomic mass is 11.9. The second kappa shape index (κ2) is 4.14. The first-order valence-corrected chi connectivity index (χ1v) is 11.3. The summed E-state index contributed by atoms with van der Waals surface area (Å²) in [5, 5.41) is 32.6. The number of hydrogen-bond donors (Lipinski definition) is 0. The van der Waals surface area contributed by atoms with Gasteiger partial charge >= 0.3 is 26.2 Å². The fourth-order valence-corrected chi connectivity index (χ4v) is 13.2. The molecule has 0 bridgehead atoms. The van der Waals surface area contributed by atoms with E-state index in [4.69, 9.17) is 12.3 Å². The van der Waals surface area contributed by atoms with E-state index in [1.807, 2.05) is 0 Å². The molecule has 0 aliphatic carbocycles. The Morgan fingerprint density at radius 2 is 0.833 bits per heavy atom. The summed E-state index contributed by atoms with van der Waals surface area (Å²) in [5.41, 5.74) is 0. The summed E-state index contributed by atoms with van der Waals surface area (Å²) in [7, 11) is -12.8. The van der Waals surface area contributed by atoms with Crippen molar-refractivity contribution in [3.8, 4) is 0 Å². The van der Waals surface area contributed by atoms with Gasteiger partial charge in [-0.25, -0.2) is 0 Å². The van der Waals surface area contributed by atoms with Crippen molar-refractivity contribution in [2.75, 3.05) is 0 Å². The molecule has 0 atom stereocenters. The van der Waals surface area contributed by atoms with E-state index < -0.39 is 39.9 Å². The van der Waals surface area contributed by atoms with Crippen LogP contribution >= 0.6 is 0 Å². The van der Waals surface area contributed by atoms with Crippen LogP contribution in [0.3, 0.4) is 0 Å². The van der Waals surface area contributed by atoms with E-state index in [2.05, 4.69) is 0 Å². The Morgan fingerprint density at radius 1 is 0.667 bits per heavy atom. The van der Waals surface area contributed by atoms with Gasteiger partial charge in [-0.1, -0.05) is 0 Å². The van der Waals surface area contributed by atoms with Gasteiger partial charge in [0.1, 0.15) is 0 Å². The minimum atomic E-state index is -4.27. The second-order valence-corrected chi connectivity index (χ2v) is 12.7. The Labute approximate surface area is 103 Å². The van der Waals surface area contributed by atoms with Crippen LogP contribution in [0.25, 0.3) is 0 Å². The predicted molar refractivity (Wildman–Crippen MR) is 59.1 cm³/mol. The lowest BCUT2D eigenvalue weighted by Crippen LogP contribution is -2.75. The van der Waals surface area contributed by atoms with Crippen molar-refractivity contribution in [1.29, 1.82) is 0 Å².